The van der Waals surface area contributed by atoms with Gasteiger partial charge in [-0.1, -0.05) is 6.08 Å². The van der Waals surface area contributed by atoms with E-state index in [4.69, 9.17) is 0 Å². The van der Waals surface area contributed by atoms with E-state index in [1.165, 1.54) is 0 Å². The molecule has 0 N–H and O–H groups in total. The van der Waals surface area contributed by atoms with E-state index in [1.54, 1.807) is 0 Å². The second-order valence-electron chi connectivity index (χ2n) is 3.46. The van der Waals surface area contributed by atoms with Crippen LogP contribution in [0.4, 0.5) is 0 Å². The molecule has 1 heterocycles. The number of allylic oxidation sites excluding steroid dienone is 1. The predicted octanol–water partition coefficient (Wildman–Crippen LogP) is 2.39. The Bertz CT molecular complexity index is 213. The minimum absolute atomic E-state index is 0. The molecule has 0 aromatic carbocycles. The maximum atomic E-state index is 11.6. The van der Waals surface area contributed by atoms with Crippen molar-refractivity contribution in [3.8, 4) is 0 Å². The first-order valence-electron chi connectivity index (χ1n) is 4.60. The van der Waals surface area contributed by atoms with Crippen LogP contribution in [0.2, 0.25) is 0 Å². The van der Waals surface area contributed by atoms with Crippen LogP contribution < -0.4 is 0 Å². The Morgan fingerprint density at radius 3 is 2.54 bits per heavy atom. The Kier molecular flexibility index (Phi) is 5.07. The van der Waals surface area contributed by atoms with Gasteiger partial charge in [-0.3, -0.25) is 4.79 Å². The van der Waals surface area contributed by atoms with Crippen LogP contribution in [-0.2, 0) is 4.79 Å². The standard InChI is InChI=1S/C10H17NO.ClH/c1-4-8(2)10(12)11-7-5-6-9(11)3;/h4,9H,5-7H2,1-3H3;1H/b8-4-;. The summed E-state index contributed by atoms with van der Waals surface area (Å²) in [5.41, 5.74) is 0.865. The van der Waals surface area contributed by atoms with Crippen LogP contribution >= 0.6 is 12.4 Å². The topological polar surface area (TPSA) is 20.3 Å². The number of halogens is 1. The van der Waals surface area contributed by atoms with Gasteiger partial charge in [-0.05, 0) is 33.6 Å². The second kappa shape index (κ2) is 5.28. The van der Waals surface area contributed by atoms with Crippen LogP contribution in [0.25, 0.3) is 0 Å². The molecule has 0 aromatic heterocycles. The average Bonchev–Trinajstić information content (AvgIpc) is 2.48. The van der Waals surface area contributed by atoms with Gasteiger partial charge >= 0.3 is 0 Å². The number of amides is 1. The lowest BCUT2D eigenvalue weighted by atomic mass is 10.2. The first-order valence-corrected chi connectivity index (χ1v) is 4.60. The van der Waals surface area contributed by atoms with E-state index in [0.29, 0.717) is 6.04 Å². The largest absolute Gasteiger partial charge is 0.336 e. The molecule has 0 bridgehead atoms. The normalized spacial score (nSPS) is 22.8. The van der Waals surface area contributed by atoms with Crippen molar-refractivity contribution in [3.05, 3.63) is 11.6 Å². The number of carbonyl (C=O) groups is 1. The maximum Gasteiger partial charge on any atom is 0.249 e. The minimum Gasteiger partial charge on any atom is -0.336 e. The maximum absolute atomic E-state index is 11.6. The molecule has 2 nitrogen and oxygen atoms in total. The second-order valence-corrected chi connectivity index (χ2v) is 3.46. The molecule has 1 unspecified atom stereocenters. The predicted molar refractivity (Wildman–Crippen MR) is 57.1 cm³/mol. The van der Waals surface area contributed by atoms with E-state index in [1.807, 2.05) is 24.8 Å². The molecule has 1 rings (SSSR count). The number of hydrogen-bond donors (Lipinski definition) is 0. The van der Waals surface area contributed by atoms with Gasteiger partial charge in [0.05, 0.1) is 0 Å². The van der Waals surface area contributed by atoms with E-state index in [9.17, 15) is 4.79 Å². The molecule has 13 heavy (non-hydrogen) atoms. The average molecular weight is 204 g/mol. The third kappa shape index (κ3) is 2.73. The van der Waals surface area contributed by atoms with Gasteiger partial charge in [0.15, 0.2) is 0 Å². The van der Waals surface area contributed by atoms with Gasteiger partial charge in [0.2, 0.25) is 5.91 Å². The fourth-order valence-corrected chi connectivity index (χ4v) is 1.58. The first kappa shape index (κ1) is 12.5. The molecule has 0 spiro atoms. The summed E-state index contributed by atoms with van der Waals surface area (Å²) in [5.74, 6) is 0.211. The minimum atomic E-state index is 0. The summed E-state index contributed by atoms with van der Waals surface area (Å²) in [6.45, 7) is 6.85. The lowest BCUT2D eigenvalue weighted by Crippen LogP contribution is -2.34. The van der Waals surface area contributed by atoms with Crippen molar-refractivity contribution >= 4 is 18.3 Å². The molecule has 1 saturated heterocycles. The smallest absolute Gasteiger partial charge is 0.249 e. The van der Waals surface area contributed by atoms with Gasteiger partial charge in [0, 0.05) is 18.2 Å². The van der Waals surface area contributed by atoms with Gasteiger partial charge in [-0.2, -0.15) is 0 Å². The SMILES string of the molecule is C/C=C(/C)C(=O)N1CCCC1C.Cl. The van der Waals surface area contributed by atoms with Crippen molar-refractivity contribution in [1.82, 2.24) is 4.90 Å². The summed E-state index contributed by atoms with van der Waals surface area (Å²) < 4.78 is 0. The third-order valence-electron chi connectivity index (χ3n) is 2.58. The van der Waals surface area contributed by atoms with Crippen molar-refractivity contribution in [2.24, 2.45) is 0 Å². The zero-order valence-electron chi connectivity index (χ0n) is 8.54. The summed E-state index contributed by atoms with van der Waals surface area (Å²) in [7, 11) is 0. The van der Waals surface area contributed by atoms with Crippen LogP contribution in [0.3, 0.4) is 0 Å². The molecule has 0 aromatic rings. The Morgan fingerprint density at radius 2 is 2.15 bits per heavy atom. The van der Waals surface area contributed by atoms with Crippen LogP contribution in [0.15, 0.2) is 11.6 Å². The van der Waals surface area contributed by atoms with E-state index in [2.05, 4.69) is 6.92 Å². The van der Waals surface area contributed by atoms with Crippen molar-refractivity contribution in [2.75, 3.05) is 6.54 Å². The van der Waals surface area contributed by atoms with Crippen molar-refractivity contribution in [1.29, 1.82) is 0 Å². The molecule has 0 aliphatic carbocycles. The Labute approximate surface area is 86.4 Å². The van der Waals surface area contributed by atoms with Crippen LogP contribution in [0, 0.1) is 0 Å². The molecule has 3 heteroatoms. The van der Waals surface area contributed by atoms with Gasteiger partial charge in [0.25, 0.3) is 0 Å². The van der Waals surface area contributed by atoms with Crippen molar-refractivity contribution in [3.63, 3.8) is 0 Å². The van der Waals surface area contributed by atoms with E-state index in [-0.39, 0.29) is 18.3 Å². The number of nitrogens with zero attached hydrogens (tertiary/aromatic N) is 1. The molecular weight excluding hydrogens is 186 g/mol. The first-order chi connectivity index (χ1) is 5.66. The van der Waals surface area contributed by atoms with E-state index in [0.717, 1.165) is 25.0 Å². The summed E-state index contributed by atoms with van der Waals surface area (Å²) in [5, 5.41) is 0. The Morgan fingerprint density at radius 1 is 1.54 bits per heavy atom. The lowest BCUT2D eigenvalue weighted by Gasteiger charge is -2.21. The van der Waals surface area contributed by atoms with Crippen LogP contribution in [-0.4, -0.2) is 23.4 Å². The zero-order valence-corrected chi connectivity index (χ0v) is 9.36. The molecule has 1 fully saturated rings. The van der Waals surface area contributed by atoms with E-state index >= 15 is 0 Å². The van der Waals surface area contributed by atoms with Crippen molar-refractivity contribution < 1.29 is 4.79 Å². The number of likely N-dealkylation sites (tertiary alicyclic amines) is 1. The highest BCUT2D eigenvalue weighted by Crippen LogP contribution is 2.18. The molecule has 0 saturated carbocycles. The molecule has 76 valence electrons. The third-order valence-corrected chi connectivity index (χ3v) is 2.58. The Balaban J connectivity index is 0.00000144. The van der Waals surface area contributed by atoms with Gasteiger partial charge in [-0.15, -0.1) is 12.4 Å². The lowest BCUT2D eigenvalue weighted by molar-refractivity contribution is -0.127. The summed E-state index contributed by atoms with van der Waals surface area (Å²) >= 11 is 0. The fourth-order valence-electron chi connectivity index (χ4n) is 1.58. The van der Waals surface area contributed by atoms with E-state index < -0.39 is 0 Å². The van der Waals surface area contributed by atoms with Crippen molar-refractivity contribution in [2.45, 2.75) is 39.7 Å². The monoisotopic (exact) mass is 203 g/mol. The summed E-state index contributed by atoms with van der Waals surface area (Å²) in [4.78, 5) is 13.6. The van der Waals surface area contributed by atoms with Gasteiger partial charge < -0.3 is 4.90 Å². The zero-order chi connectivity index (χ0) is 9.14. The number of hydrogen-bond acceptors (Lipinski definition) is 1. The molecule has 1 amide bonds. The van der Waals surface area contributed by atoms with Gasteiger partial charge in [-0.25, -0.2) is 0 Å². The number of carbonyl (C=O) groups excluding carboxylic acids is 1. The Hall–Kier alpha value is -0.500. The molecule has 1 aliphatic rings. The summed E-state index contributed by atoms with van der Waals surface area (Å²) in [6.07, 6.45) is 4.19. The molecule has 1 atom stereocenters. The quantitative estimate of drug-likeness (QED) is 0.600. The highest BCUT2D eigenvalue weighted by atomic mass is 35.5. The fraction of sp³-hybridized carbons (Fsp3) is 0.700. The van der Waals surface area contributed by atoms with Crippen LogP contribution in [0.1, 0.15) is 33.6 Å². The molecule has 0 radical (unpaired) electrons. The van der Waals surface area contributed by atoms with Crippen LogP contribution in [0.5, 0.6) is 0 Å². The number of rotatable bonds is 1. The molecule has 1 aliphatic heterocycles. The van der Waals surface area contributed by atoms with Gasteiger partial charge in [0.1, 0.15) is 0 Å². The molecular formula is C10H18ClNO. The highest BCUT2D eigenvalue weighted by molar-refractivity contribution is 5.93. The highest BCUT2D eigenvalue weighted by Gasteiger charge is 2.25. The summed E-state index contributed by atoms with van der Waals surface area (Å²) in [6, 6.07) is 0.437.